The van der Waals surface area contributed by atoms with E-state index in [0.717, 1.165) is 5.92 Å². The van der Waals surface area contributed by atoms with Gasteiger partial charge in [-0.3, -0.25) is 0 Å². The van der Waals surface area contributed by atoms with Crippen LogP contribution < -0.4 is 0 Å². The Morgan fingerprint density at radius 3 is 2.58 bits per heavy atom. The van der Waals surface area contributed by atoms with E-state index >= 15 is 0 Å². The highest BCUT2D eigenvalue weighted by Crippen LogP contribution is 2.64. The SMILES string of the molecule is C=C(C)[C@@H]1CC[C@]2(C)C(=C(C)C=CC23CCCC3)C1. The number of hydrogen-bond donors (Lipinski definition) is 0. The van der Waals surface area contributed by atoms with Crippen molar-refractivity contribution < 1.29 is 0 Å². The summed E-state index contributed by atoms with van der Waals surface area (Å²) >= 11 is 0. The normalized spacial score (nSPS) is 36.7. The molecule has 3 rings (SSSR count). The maximum atomic E-state index is 4.21. The highest BCUT2D eigenvalue weighted by molar-refractivity contribution is 5.40. The Kier molecular flexibility index (Phi) is 3.04. The van der Waals surface area contributed by atoms with E-state index < -0.39 is 0 Å². The van der Waals surface area contributed by atoms with E-state index in [1.54, 1.807) is 11.1 Å². The molecule has 2 fully saturated rings. The maximum absolute atomic E-state index is 4.21. The fourth-order valence-corrected chi connectivity index (χ4v) is 5.05. The van der Waals surface area contributed by atoms with Crippen molar-refractivity contribution in [3.8, 4) is 0 Å². The van der Waals surface area contributed by atoms with Gasteiger partial charge in [-0.1, -0.05) is 55.2 Å². The van der Waals surface area contributed by atoms with E-state index in [4.69, 9.17) is 0 Å². The number of rotatable bonds is 1. The number of fused-ring (bicyclic) bond motifs is 2. The second-order valence-electron chi connectivity index (χ2n) is 7.48. The average Bonchev–Trinajstić information content (AvgIpc) is 2.85. The van der Waals surface area contributed by atoms with Crippen molar-refractivity contribution in [1.82, 2.24) is 0 Å². The molecule has 0 nitrogen and oxygen atoms in total. The summed E-state index contributed by atoms with van der Waals surface area (Å²) < 4.78 is 0. The maximum Gasteiger partial charge on any atom is -0.00192 e. The fraction of sp³-hybridized carbons (Fsp3) is 0.684. The Morgan fingerprint density at radius 1 is 1.26 bits per heavy atom. The molecule has 0 saturated heterocycles. The van der Waals surface area contributed by atoms with Crippen LogP contribution in [0.5, 0.6) is 0 Å². The van der Waals surface area contributed by atoms with Gasteiger partial charge in [0.2, 0.25) is 0 Å². The molecule has 0 amide bonds. The summed E-state index contributed by atoms with van der Waals surface area (Å²) in [5.74, 6) is 0.725. The predicted molar refractivity (Wildman–Crippen MR) is 83.0 cm³/mol. The van der Waals surface area contributed by atoms with Crippen molar-refractivity contribution >= 4 is 0 Å². The minimum absolute atomic E-state index is 0.439. The molecule has 3 aliphatic rings. The van der Waals surface area contributed by atoms with Crippen LogP contribution in [0.2, 0.25) is 0 Å². The lowest BCUT2D eigenvalue weighted by atomic mass is 9.51. The number of allylic oxidation sites excluding steroid dienone is 5. The van der Waals surface area contributed by atoms with Crippen LogP contribution in [0.15, 0.2) is 35.5 Å². The van der Waals surface area contributed by atoms with Crippen LogP contribution in [0, 0.1) is 16.7 Å². The van der Waals surface area contributed by atoms with Crippen molar-refractivity contribution in [1.29, 1.82) is 0 Å². The topological polar surface area (TPSA) is 0 Å². The lowest BCUT2D eigenvalue weighted by Gasteiger charge is -2.53. The van der Waals surface area contributed by atoms with Gasteiger partial charge >= 0.3 is 0 Å². The standard InChI is InChI=1S/C19H28/c1-14(2)16-8-11-18(4)17(13-16)15(3)7-12-19(18)9-5-6-10-19/h7,12,16H,1,5-6,8-11,13H2,2-4H3/t16-,18-/m1/s1. The zero-order chi connectivity index (χ0) is 13.7. The molecule has 0 N–H and O–H groups in total. The first-order chi connectivity index (χ1) is 8.98. The van der Waals surface area contributed by atoms with Crippen molar-refractivity contribution in [3.63, 3.8) is 0 Å². The van der Waals surface area contributed by atoms with Crippen LogP contribution in [0.25, 0.3) is 0 Å². The van der Waals surface area contributed by atoms with E-state index in [2.05, 4.69) is 39.5 Å². The summed E-state index contributed by atoms with van der Waals surface area (Å²) in [5, 5.41) is 0. The Morgan fingerprint density at radius 2 is 1.95 bits per heavy atom. The molecule has 3 aliphatic carbocycles. The first kappa shape index (κ1) is 13.2. The Bertz CT molecular complexity index is 456. The molecule has 0 radical (unpaired) electrons. The lowest BCUT2D eigenvalue weighted by Crippen LogP contribution is -2.43. The van der Waals surface area contributed by atoms with Gasteiger partial charge in [0.15, 0.2) is 0 Å². The van der Waals surface area contributed by atoms with Crippen LogP contribution in [0.3, 0.4) is 0 Å². The smallest absolute Gasteiger partial charge is 0.00192 e. The van der Waals surface area contributed by atoms with E-state index in [0.29, 0.717) is 10.8 Å². The third kappa shape index (κ3) is 1.79. The van der Waals surface area contributed by atoms with Gasteiger partial charge in [-0.25, -0.2) is 0 Å². The molecule has 0 bridgehead atoms. The van der Waals surface area contributed by atoms with Gasteiger partial charge in [0.25, 0.3) is 0 Å². The molecule has 0 unspecified atom stereocenters. The fourth-order valence-electron chi connectivity index (χ4n) is 5.05. The van der Waals surface area contributed by atoms with Gasteiger partial charge in [0.1, 0.15) is 0 Å². The van der Waals surface area contributed by atoms with Crippen LogP contribution in [0.1, 0.15) is 65.7 Å². The van der Waals surface area contributed by atoms with Crippen molar-refractivity contribution in [2.24, 2.45) is 16.7 Å². The zero-order valence-electron chi connectivity index (χ0n) is 12.9. The van der Waals surface area contributed by atoms with Crippen LogP contribution in [-0.4, -0.2) is 0 Å². The van der Waals surface area contributed by atoms with Gasteiger partial charge in [0.05, 0.1) is 0 Å². The van der Waals surface area contributed by atoms with Crippen molar-refractivity contribution in [2.75, 3.05) is 0 Å². The molecule has 19 heavy (non-hydrogen) atoms. The van der Waals surface area contributed by atoms with Crippen molar-refractivity contribution in [2.45, 2.75) is 65.7 Å². The molecule has 2 saturated carbocycles. The quantitative estimate of drug-likeness (QED) is 0.519. The molecular formula is C19H28. The number of hydrogen-bond acceptors (Lipinski definition) is 0. The third-order valence-corrected chi connectivity index (χ3v) is 6.53. The highest BCUT2D eigenvalue weighted by Gasteiger charge is 2.53. The summed E-state index contributed by atoms with van der Waals surface area (Å²) in [6.45, 7) is 11.3. The Labute approximate surface area is 118 Å². The third-order valence-electron chi connectivity index (χ3n) is 6.53. The Hall–Kier alpha value is -0.780. The van der Waals surface area contributed by atoms with Gasteiger partial charge in [-0.05, 0) is 62.7 Å². The molecule has 0 aliphatic heterocycles. The molecule has 0 aromatic heterocycles. The summed E-state index contributed by atoms with van der Waals surface area (Å²) in [5.41, 5.74) is 5.62. The zero-order valence-corrected chi connectivity index (χ0v) is 12.9. The summed E-state index contributed by atoms with van der Waals surface area (Å²) in [6, 6.07) is 0. The van der Waals surface area contributed by atoms with Gasteiger partial charge < -0.3 is 0 Å². The molecule has 1 spiro atoms. The van der Waals surface area contributed by atoms with Crippen LogP contribution >= 0.6 is 0 Å². The second-order valence-corrected chi connectivity index (χ2v) is 7.48. The largest absolute Gasteiger partial charge is 0.0998 e. The van der Waals surface area contributed by atoms with Gasteiger partial charge in [-0.15, -0.1) is 0 Å². The molecule has 0 heterocycles. The summed E-state index contributed by atoms with van der Waals surface area (Å²) in [7, 11) is 0. The van der Waals surface area contributed by atoms with E-state index in [1.807, 2.05) is 0 Å². The van der Waals surface area contributed by atoms with Crippen LogP contribution in [0.4, 0.5) is 0 Å². The summed E-state index contributed by atoms with van der Waals surface area (Å²) in [6.07, 6.45) is 14.7. The van der Waals surface area contributed by atoms with E-state index in [1.165, 1.54) is 50.5 Å². The van der Waals surface area contributed by atoms with E-state index in [-0.39, 0.29) is 0 Å². The van der Waals surface area contributed by atoms with Gasteiger partial charge in [-0.2, -0.15) is 0 Å². The minimum Gasteiger partial charge on any atom is -0.0998 e. The first-order valence-electron chi connectivity index (χ1n) is 8.03. The highest BCUT2D eigenvalue weighted by atomic mass is 14.6. The lowest BCUT2D eigenvalue weighted by molar-refractivity contribution is 0.0983. The molecule has 0 aromatic rings. The summed E-state index contributed by atoms with van der Waals surface area (Å²) in [4.78, 5) is 0. The molecule has 104 valence electrons. The second kappa shape index (κ2) is 4.36. The minimum atomic E-state index is 0.439. The molecule has 2 atom stereocenters. The van der Waals surface area contributed by atoms with Crippen molar-refractivity contribution in [3.05, 3.63) is 35.5 Å². The predicted octanol–water partition coefficient (Wildman–Crippen LogP) is 5.82. The average molecular weight is 256 g/mol. The monoisotopic (exact) mass is 256 g/mol. The molecular weight excluding hydrogens is 228 g/mol. The van der Waals surface area contributed by atoms with Gasteiger partial charge in [0, 0.05) is 0 Å². The van der Waals surface area contributed by atoms with E-state index in [9.17, 15) is 0 Å². The molecule has 0 aromatic carbocycles. The molecule has 0 heteroatoms. The Balaban J connectivity index is 2.01. The van der Waals surface area contributed by atoms with Crippen LogP contribution in [-0.2, 0) is 0 Å². The first-order valence-corrected chi connectivity index (χ1v) is 8.03.